The van der Waals surface area contributed by atoms with Gasteiger partial charge in [0.05, 0.1) is 6.61 Å². The summed E-state index contributed by atoms with van der Waals surface area (Å²) in [6.45, 7) is 4.09. The molecule has 0 saturated heterocycles. The maximum absolute atomic E-state index is 11.8. The maximum atomic E-state index is 11.8. The SMILES string of the molecule is CC(C)(C)c1nc(C(=O)NCCOCC(F)(F)F)n[nH]1. The monoisotopic (exact) mass is 294 g/mol. The molecule has 20 heavy (non-hydrogen) atoms. The smallest absolute Gasteiger partial charge is 0.370 e. The zero-order chi connectivity index (χ0) is 15.4. The van der Waals surface area contributed by atoms with Crippen LogP contribution in [0, 0.1) is 0 Å². The lowest BCUT2D eigenvalue weighted by atomic mass is 9.96. The molecule has 0 aliphatic heterocycles. The van der Waals surface area contributed by atoms with Crippen molar-refractivity contribution in [2.24, 2.45) is 0 Å². The molecule has 0 aromatic carbocycles. The Morgan fingerprint density at radius 1 is 1.35 bits per heavy atom. The summed E-state index contributed by atoms with van der Waals surface area (Å²) in [6, 6.07) is 0. The topological polar surface area (TPSA) is 79.9 Å². The summed E-state index contributed by atoms with van der Waals surface area (Å²) in [5, 5.41) is 8.77. The number of alkyl halides is 3. The van der Waals surface area contributed by atoms with E-state index in [1.807, 2.05) is 20.8 Å². The number of hydrogen-bond acceptors (Lipinski definition) is 4. The largest absolute Gasteiger partial charge is 0.411 e. The van der Waals surface area contributed by atoms with E-state index in [0.29, 0.717) is 5.82 Å². The summed E-state index contributed by atoms with van der Waals surface area (Å²) in [5.41, 5.74) is -0.276. The van der Waals surface area contributed by atoms with Crippen molar-refractivity contribution in [1.82, 2.24) is 20.5 Å². The number of ether oxygens (including phenoxy) is 1. The lowest BCUT2D eigenvalue weighted by molar-refractivity contribution is -0.173. The van der Waals surface area contributed by atoms with Gasteiger partial charge in [0.15, 0.2) is 0 Å². The summed E-state index contributed by atoms with van der Waals surface area (Å²) >= 11 is 0. The number of rotatable bonds is 5. The van der Waals surface area contributed by atoms with Crippen molar-refractivity contribution in [3.63, 3.8) is 0 Å². The second-order valence-corrected chi connectivity index (χ2v) is 5.18. The highest BCUT2D eigenvalue weighted by molar-refractivity contribution is 5.90. The normalized spacial score (nSPS) is 12.5. The van der Waals surface area contributed by atoms with Crippen molar-refractivity contribution >= 4 is 5.91 Å². The molecule has 0 atom stereocenters. The molecule has 9 heteroatoms. The van der Waals surface area contributed by atoms with Crippen LogP contribution in [0.2, 0.25) is 0 Å². The molecule has 0 aliphatic carbocycles. The molecular formula is C11H17F3N4O2. The number of aromatic nitrogens is 3. The van der Waals surface area contributed by atoms with Gasteiger partial charge in [-0.2, -0.15) is 13.2 Å². The van der Waals surface area contributed by atoms with E-state index in [2.05, 4.69) is 25.2 Å². The van der Waals surface area contributed by atoms with E-state index >= 15 is 0 Å². The van der Waals surface area contributed by atoms with Crippen molar-refractivity contribution in [1.29, 1.82) is 0 Å². The van der Waals surface area contributed by atoms with Crippen LogP contribution >= 0.6 is 0 Å². The lowest BCUT2D eigenvalue weighted by Gasteiger charge is -2.12. The quantitative estimate of drug-likeness (QED) is 0.805. The van der Waals surface area contributed by atoms with Crippen LogP contribution in [-0.4, -0.2) is 47.0 Å². The first kappa shape index (κ1) is 16.4. The Morgan fingerprint density at radius 3 is 2.50 bits per heavy atom. The van der Waals surface area contributed by atoms with E-state index in [1.54, 1.807) is 0 Å². The fourth-order valence-electron chi connectivity index (χ4n) is 1.20. The van der Waals surface area contributed by atoms with Crippen LogP contribution in [0.5, 0.6) is 0 Å². The Bertz CT molecular complexity index is 451. The summed E-state index contributed by atoms with van der Waals surface area (Å²) in [4.78, 5) is 15.6. The third-order valence-electron chi connectivity index (χ3n) is 2.20. The molecule has 1 aromatic rings. The van der Waals surface area contributed by atoms with Crippen LogP contribution < -0.4 is 5.32 Å². The molecule has 0 unspecified atom stereocenters. The molecule has 1 heterocycles. The van der Waals surface area contributed by atoms with Gasteiger partial charge < -0.3 is 10.1 Å². The molecule has 0 aliphatic rings. The van der Waals surface area contributed by atoms with Gasteiger partial charge >= 0.3 is 6.18 Å². The number of amides is 1. The van der Waals surface area contributed by atoms with Crippen LogP contribution in [0.1, 0.15) is 37.2 Å². The number of carbonyl (C=O) groups excluding carboxylic acids is 1. The van der Waals surface area contributed by atoms with Crippen molar-refractivity contribution < 1.29 is 22.7 Å². The van der Waals surface area contributed by atoms with Gasteiger partial charge in [-0.15, -0.1) is 5.10 Å². The Balaban J connectivity index is 2.35. The molecule has 1 aromatic heterocycles. The zero-order valence-corrected chi connectivity index (χ0v) is 11.5. The molecule has 0 saturated carbocycles. The molecule has 1 rings (SSSR count). The first-order chi connectivity index (χ1) is 9.09. The van der Waals surface area contributed by atoms with Crippen LogP contribution in [-0.2, 0) is 10.2 Å². The molecule has 0 spiro atoms. The van der Waals surface area contributed by atoms with Gasteiger partial charge in [-0.25, -0.2) is 4.98 Å². The van der Waals surface area contributed by atoms with Gasteiger partial charge in [0.2, 0.25) is 5.82 Å². The third-order valence-corrected chi connectivity index (χ3v) is 2.20. The number of halogens is 3. The summed E-state index contributed by atoms with van der Waals surface area (Å²) in [7, 11) is 0. The summed E-state index contributed by atoms with van der Waals surface area (Å²) in [5.74, 6) is -0.0610. The first-order valence-corrected chi connectivity index (χ1v) is 5.95. The second kappa shape index (κ2) is 6.21. The minimum atomic E-state index is -4.37. The van der Waals surface area contributed by atoms with Gasteiger partial charge in [-0.3, -0.25) is 9.89 Å². The van der Waals surface area contributed by atoms with Gasteiger partial charge in [-0.05, 0) is 0 Å². The van der Waals surface area contributed by atoms with Gasteiger partial charge in [0, 0.05) is 12.0 Å². The predicted molar refractivity (Wildman–Crippen MR) is 64.3 cm³/mol. The van der Waals surface area contributed by atoms with E-state index in [-0.39, 0.29) is 24.4 Å². The third kappa shape index (κ3) is 5.55. The number of nitrogens with zero attached hydrogens (tertiary/aromatic N) is 2. The minimum Gasteiger partial charge on any atom is -0.370 e. The van der Waals surface area contributed by atoms with Crippen molar-refractivity contribution in [3.8, 4) is 0 Å². The average Bonchev–Trinajstić information content (AvgIpc) is 2.75. The fourth-order valence-corrected chi connectivity index (χ4v) is 1.20. The van der Waals surface area contributed by atoms with E-state index in [9.17, 15) is 18.0 Å². The molecule has 2 N–H and O–H groups in total. The molecule has 0 fully saturated rings. The number of aromatic amines is 1. The number of H-pyrrole nitrogens is 1. The van der Waals surface area contributed by atoms with E-state index < -0.39 is 18.7 Å². The van der Waals surface area contributed by atoms with Gasteiger partial charge in [0.25, 0.3) is 5.91 Å². The maximum Gasteiger partial charge on any atom is 0.411 e. The summed E-state index contributed by atoms with van der Waals surface area (Å²) < 4.78 is 39.7. The Labute approximate surface area is 114 Å². The molecule has 0 radical (unpaired) electrons. The van der Waals surface area contributed by atoms with Gasteiger partial charge in [0.1, 0.15) is 12.4 Å². The van der Waals surface area contributed by atoms with Crippen molar-refractivity contribution in [2.75, 3.05) is 19.8 Å². The lowest BCUT2D eigenvalue weighted by Crippen LogP contribution is -2.29. The molecule has 114 valence electrons. The van der Waals surface area contributed by atoms with Crippen molar-refractivity contribution in [2.45, 2.75) is 32.4 Å². The molecule has 0 bridgehead atoms. The number of nitrogens with one attached hydrogen (secondary N) is 2. The highest BCUT2D eigenvalue weighted by atomic mass is 19.4. The summed E-state index contributed by atoms with van der Waals surface area (Å²) in [6.07, 6.45) is -4.37. The minimum absolute atomic E-state index is 0.0473. The average molecular weight is 294 g/mol. The Hall–Kier alpha value is -1.64. The van der Waals surface area contributed by atoms with E-state index in [4.69, 9.17) is 0 Å². The fraction of sp³-hybridized carbons (Fsp3) is 0.727. The van der Waals surface area contributed by atoms with Crippen LogP contribution in [0.25, 0.3) is 0 Å². The van der Waals surface area contributed by atoms with Crippen LogP contribution in [0.3, 0.4) is 0 Å². The molecule has 6 nitrogen and oxygen atoms in total. The first-order valence-electron chi connectivity index (χ1n) is 5.95. The standard InChI is InChI=1S/C11H17F3N4O2/c1-10(2,3)9-16-7(17-18-9)8(19)15-4-5-20-6-11(12,13)14/h4-6H2,1-3H3,(H,15,19)(H,16,17,18). The number of carbonyl (C=O) groups is 1. The second-order valence-electron chi connectivity index (χ2n) is 5.18. The predicted octanol–water partition coefficient (Wildman–Crippen LogP) is 1.41. The highest BCUT2D eigenvalue weighted by Gasteiger charge is 2.27. The van der Waals surface area contributed by atoms with Gasteiger partial charge in [-0.1, -0.05) is 20.8 Å². The van der Waals surface area contributed by atoms with E-state index in [1.165, 1.54) is 0 Å². The van der Waals surface area contributed by atoms with Crippen LogP contribution in [0.15, 0.2) is 0 Å². The van der Waals surface area contributed by atoms with Crippen LogP contribution in [0.4, 0.5) is 13.2 Å². The Kier molecular flexibility index (Phi) is 5.09. The van der Waals surface area contributed by atoms with Crippen molar-refractivity contribution in [3.05, 3.63) is 11.6 Å². The molecular weight excluding hydrogens is 277 g/mol. The molecule has 1 amide bonds. The highest BCUT2D eigenvalue weighted by Crippen LogP contribution is 2.17. The van der Waals surface area contributed by atoms with E-state index in [0.717, 1.165) is 0 Å². The zero-order valence-electron chi connectivity index (χ0n) is 11.5. The Morgan fingerprint density at radius 2 is 2.00 bits per heavy atom. The number of hydrogen-bond donors (Lipinski definition) is 2.